The number of rotatable bonds is 30. The van der Waals surface area contributed by atoms with Crippen molar-refractivity contribution in [3.05, 3.63) is 155 Å². The van der Waals surface area contributed by atoms with Gasteiger partial charge in [0.2, 0.25) is 0 Å². The average Bonchev–Trinajstić information content (AvgIpc) is 0.812. The van der Waals surface area contributed by atoms with Crippen LogP contribution in [0.25, 0.3) is 0 Å². The van der Waals surface area contributed by atoms with Crippen molar-refractivity contribution in [3.63, 3.8) is 0 Å². The summed E-state index contributed by atoms with van der Waals surface area (Å²) in [6.07, 6.45) is 26.5. The van der Waals surface area contributed by atoms with Crippen molar-refractivity contribution in [3.8, 4) is 0 Å². The normalized spacial score (nSPS) is 28.3. The number of carbonyl (C=O) groups is 8. The van der Waals surface area contributed by atoms with Gasteiger partial charge in [-0.2, -0.15) is 0 Å². The van der Waals surface area contributed by atoms with Gasteiger partial charge in [-0.25, -0.2) is 0 Å². The molecule has 14 atom stereocenters. The van der Waals surface area contributed by atoms with Crippen LogP contribution in [0.5, 0.6) is 0 Å². The van der Waals surface area contributed by atoms with E-state index < -0.39 is 109 Å². The van der Waals surface area contributed by atoms with Crippen molar-refractivity contribution < 1.29 is 95.2 Å². The molecule has 2 heterocycles. The summed E-state index contributed by atoms with van der Waals surface area (Å²) in [6.45, 7) is 39.2. The Bertz CT molecular complexity index is 2980. The Hall–Kier alpha value is -7.78. The minimum Gasteiger partial charge on any atom is -0.463 e. The number of carbonyl (C=O) groups excluding carboxylic acids is 8. The van der Waals surface area contributed by atoms with Gasteiger partial charge in [0, 0.05) is 67.2 Å². The Balaban J connectivity index is 1.32. The van der Waals surface area contributed by atoms with E-state index in [9.17, 15) is 38.4 Å². The van der Waals surface area contributed by atoms with E-state index in [1.54, 1.807) is 0 Å². The third-order valence-corrected chi connectivity index (χ3v) is 17.9. The molecule has 2 aliphatic heterocycles. The lowest BCUT2D eigenvalue weighted by Crippen LogP contribution is -2.63. The third-order valence-electron chi connectivity index (χ3n) is 17.9. The maximum atomic E-state index is 12.3. The lowest BCUT2D eigenvalue weighted by molar-refractivity contribution is -0.306. The zero-order valence-corrected chi connectivity index (χ0v) is 61.0. The minimum atomic E-state index is -1.31. The van der Waals surface area contributed by atoms with E-state index in [0.29, 0.717) is 11.8 Å². The molecule has 0 aromatic carbocycles. The summed E-state index contributed by atoms with van der Waals surface area (Å²) in [5, 5.41) is 0. The molecular weight excluding hydrogens is 1260 g/mol. The van der Waals surface area contributed by atoms with E-state index in [1.165, 1.54) is 66.5 Å². The van der Waals surface area contributed by atoms with Crippen LogP contribution in [0.3, 0.4) is 0 Å². The summed E-state index contributed by atoms with van der Waals surface area (Å²) in [5.74, 6) is -4.56. The van der Waals surface area contributed by atoms with Crippen LogP contribution in [0.15, 0.2) is 155 Å². The standard InChI is InChI=1S/C78H108O20/c1-47(27-23-29-49(3)33-41-65-53(7)35-39-63(77(65,17)18)37-31-51(5)43-89-75-73(95-61(15)85)71(93-59(13)83)69(91-57(11)81)67(97-75)45-87-55(9)79)25-21-22-26-48(2)28-24-30-50(4)34-42-66-54(8)36-40-64(78(66,19)20)38-32-52(6)44-90-76-74(96-62(16)86)72(94-60(14)84)70(92-58(12)82)68(98-76)46-88-56(10)80/h21-34,41-42,63-76H,7-8,35-40,43-46H2,1-6,9-20H3/b22-21+,27-23+,28-24+,41-33+,42-34+,47-25+,48-26+,49-29+,50-30+,51-31+,52-32+/t63-,64-,65+,66+,67+,68+,69+,70+,71-,72-,73+,74+,75+,76+/m0/s1. The van der Waals surface area contributed by atoms with Crippen LogP contribution in [0.2, 0.25) is 0 Å². The highest BCUT2D eigenvalue weighted by Gasteiger charge is 2.54. The second-order valence-corrected chi connectivity index (χ2v) is 27.2. The van der Waals surface area contributed by atoms with Gasteiger partial charge >= 0.3 is 47.8 Å². The fraction of sp³-hybridized carbons (Fsp3) is 0.564. The monoisotopic (exact) mass is 1360 g/mol. The number of hydrogen-bond donors (Lipinski definition) is 0. The Morgan fingerprint density at radius 1 is 0.408 bits per heavy atom. The Morgan fingerprint density at radius 2 is 0.704 bits per heavy atom. The molecule has 4 aliphatic rings. The maximum Gasteiger partial charge on any atom is 0.303 e. The highest BCUT2D eigenvalue weighted by atomic mass is 16.7. The Kier molecular flexibility index (Phi) is 33.5. The lowest BCUT2D eigenvalue weighted by atomic mass is 9.59. The van der Waals surface area contributed by atoms with Crippen molar-refractivity contribution in [2.75, 3.05) is 26.4 Å². The lowest BCUT2D eigenvalue weighted by Gasteiger charge is -2.45. The molecule has 98 heavy (non-hydrogen) atoms. The molecule has 0 spiro atoms. The molecule has 0 amide bonds. The zero-order valence-electron chi connectivity index (χ0n) is 61.0. The van der Waals surface area contributed by atoms with E-state index in [2.05, 4.69) is 154 Å². The van der Waals surface area contributed by atoms with Crippen molar-refractivity contribution in [1.29, 1.82) is 0 Å². The molecule has 2 saturated carbocycles. The summed E-state index contributed by atoms with van der Waals surface area (Å²) in [7, 11) is 0. The molecule has 2 saturated heterocycles. The van der Waals surface area contributed by atoms with Gasteiger partial charge in [0.05, 0.1) is 13.2 Å². The molecule has 0 radical (unpaired) electrons. The summed E-state index contributed by atoms with van der Waals surface area (Å²) in [4.78, 5) is 97.1. The molecule has 0 unspecified atom stereocenters. The Labute approximate surface area is 581 Å². The second kappa shape index (κ2) is 39.7. The van der Waals surface area contributed by atoms with Crippen molar-refractivity contribution in [1.82, 2.24) is 0 Å². The smallest absolute Gasteiger partial charge is 0.303 e. The van der Waals surface area contributed by atoms with Gasteiger partial charge in [-0.15, -0.1) is 0 Å². The summed E-state index contributed by atoms with van der Waals surface area (Å²) < 4.78 is 68.3. The highest BCUT2D eigenvalue weighted by Crippen LogP contribution is 2.51. The van der Waals surface area contributed by atoms with Crippen LogP contribution >= 0.6 is 0 Å². The van der Waals surface area contributed by atoms with E-state index >= 15 is 0 Å². The van der Waals surface area contributed by atoms with Gasteiger partial charge in [0.15, 0.2) is 49.2 Å². The van der Waals surface area contributed by atoms with Crippen molar-refractivity contribution >= 4 is 47.8 Å². The Morgan fingerprint density at radius 3 is 1.02 bits per heavy atom. The molecule has 540 valence electrons. The SMILES string of the molecule is C=C1CC[C@H](C/C=C(\C)CO[C@@H]2O[C@H](COC(C)=O)[C@@H](OC(C)=O)[C@H](OC(C)=O)[C@H]2OC(C)=O)C(C)(C)[C@@H]1/C=C/C(C)=C/C=C/C(C)=C/C=C/C=C(C)/C=C/C=C(C)/C=C/[C@@H]1C(=C)CC[C@H](C/C=C(\C)CO[C@@H]2O[C@H](COC(C)=O)[C@@H](OC(C)=O)[C@H](OC(C)=O)[C@H]2OC(C)=O)C1(C)C. The molecule has 20 nitrogen and oxygen atoms in total. The molecule has 4 fully saturated rings. The molecular formula is C78H108O20. The number of hydrogen-bond acceptors (Lipinski definition) is 20. The summed E-state index contributed by atoms with van der Waals surface area (Å²) in [5.41, 5.74) is 8.31. The van der Waals surface area contributed by atoms with Crippen LogP contribution in [0.4, 0.5) is 0 Å². The van der Waals surface area contributed by atoms with E-state index in [1.807, 2.05) is 26.0 Å². The van der Waals surface area contributed by atoms with Crippen LogP contribution in [-0.2, 0) is 95.2 Å². The van der Waals surface area contributed by atoms with Crippen molar-refractivity contribution in [2.45, 2.75) is 225 Å². The first-order valence-corrected chi connectivity index (χ1v) is 33.6. The van der Waals surface area contributed by atoms with Crippen molar-refractivity contribution in [2.24, 2.45) is 34.5 Å². The van der Waals surface area contributed by atoms with E-state index in [4.69, 9.17) is 56.8 Å². The molecule has 0 bridgehead atoms. The molecule has 0 aromatic rings. The number of esters is 8. The zero-order chi connectivity index (χ0) is 73.2. The summed E-state index contributed by atoms with van der Waals surface area (Å²) >= 11 is 0. The third kappa shape index (κ3) is 27.2. The predicted octanol–water partition coefficient (Wildman–Crippen LogP) is 13.6. The van der Waals surface area contributed by atoms with Gasteiger partial charge in [-0.1, -0.05) is 183 Å². The number of allylic oxidation sites excluding steroid dienone is 22. The van der Waals surface area contributed by atoms with Crippen LogP contribution < -0.4 is 0 Å². The molecule has 0 N–H and O–H groups in total. The van der Waals surface area contributed by atoms with Gasteiger partial charge in [-0.3, -0.25) is 38.4 Å². The quantitative estimate of drug-likeness (QED) is 0.0281. The molecule has 4 rings (SSSR count). The largest absolute Gasteiger partial charge is 0.463 e. The number of ether oxygens (including phenoxy) is 12. The van der Waals surface area contributed by atoms with Gasteiger partial charge < -0.3 is 56.8 Å². The average molecular weight is 1370 g/mol. The molecule has 2 aliphatic carbocycles. The first-order chi connectivity index (χ1) is 46.0. The van der Waals surface area contributed by atoms with Gasteiger partial charge in [0.1, 0.15) is 25.4 Å². The molecule has 20 heteroatoms. The molecule has 0 aromatic heterocycles. The first kappa shape index (κ1) is 82.6. The van der Waals surface area contributed by atoms with Crippen LogP contribution in [0.1, 0.15) is 163 Å². The van der Waals surface area contributed by atoms with Gasteiger partial charge in [-0.05, 0) is 103 Å². The van der Waals surface area contributed by atoms with Crippen LogP contribution in [0, 0.1) is 34.5 Å². The highest BCUT2D eigenvalue weighted by molar-refractivity contribution is 5.70. The fourth-order valence-corrected chi connectivity index (χ4v) is 12.7. The van der Waals surface area contributed by atoms with Crippen LogP contribution in [-0.4, -0.2) is 136 Å². The van der Waals surface area contributed by atoms with E-state index in [0.717, 1.165) is 72.0 Å². The maximum absolute atomic E-state index is 12.3. The topological polar surface area (TPSA) is 247 Å². The minimum absolute atomic E-state index is 0.0725. The second-order valence-electron chi connectivity index (χ2n) is 27.2. The first-order valence-electron chi connectivity index (χ1n) is 33.6. The summed E-state index contributed by atoms with van der Waals surface area (Å²) in [6, 6.07) is 0. The fourth-order valence-electron chi connectivity index (χ4n) is 12.7. The van der Waals surface area contributed by atoms with E-state index in [-0.39, 0.29) is 49.1 Å². The van der Waals surface area contributed by atoms with Gasteiger partial charge in [0.25, 0.3) is 0 Å². The predicted molar refractivity (Wildman–Crippen MR) is 372 cm³/mol.